The molecule has 0 spiro atoms. The third kappa shape index (κ3) is 3.67. The highest BCUT2D eigenvalue weighted by atomic mass is 79.9. The van der Waals surface area contributed by atoms with Gasteiger partial charge in [0, 0.05) is 13.1 Å². The standard InChI is InChI=1S/C13H18BrNO4S2/c1-3-19-13(16)10-5-4-6-15(8-10)21(17,18)11-7-9(2)12(14)20-11/h7,10H,3-6,8H2,1-2H3/t10-/m0/s1. The van der Waals surface area contributed by atoms with Gasteiger partial charge in [0.2, 0.25) is 0 Å². The summed E-state index contributed by atoms with van der Waals surface area (Å²) in [6.07, 6.45) is 1.35. The van der Waals surface area contributed by atoms with Crippen LogP contribution in [-0.2, 0) is 19.6 Å². The largest absolute Gasteiger partial charge is 0.466 e. The fourth-order valence-electron chi connectivity index (χ4n) is 2.30. The molecule has 1 saturated heterocycles. The first kappa shape index (κ1) is 16.9. The molecule has 0 amide bonds. The molecule has 8 heteroatoms. The Bertz CT molecular complexity index is 607. The van der Waals surface area contributed by atoms with E-state index in [9.17, 15) is 13.2 Å². The van der Waals surface area contributed by atoms with E-state index in [1.54, 1.807) is 13.0 Å². The van der Waals surface area contributed by atoms with Crippen LogP contribution in [0, 0.1) is 12.8 Å². The number of hydrogen-bond acceptors (Lipinski definition) is 5. The van der Waals surface area contributed by atoms with Gasteiger partial charge in [0.1, 0.15) is 4.21 Å². The van der Waals surface area contributed by atoms with Gasteiger partial charge in [0.25, 0.3) is 10.0 Å². The molecule has 118 valence electrons. The monoisotopic (exact) mass is 395 g/mol. The Morgan fingerprint density at radius 1 is 1.57 bits per heavy atom. The highest BCUT2D eigenvalue weighted by Crippen LogP contribution is 2.33. The van der Waals surface area contributed by atoms with E-state index in [-0.39, 0.29) is 18.4 Å². The second-order valence-electron chi connectivity index (χ2n) is 4.98. The second kappa shape index (κ2) is 6.76. The van der Waals surface area contributed by atoms with Gasteiger partial charge >= 0.3 is 5.97 Å². The van der Waals surface area contributed by atoms with E-state index in [1.807, 2.05) is 6.92 Å². The molecule has 21 heavy (non-hydrogen) atoms. The molecule has 0 radical (unpaired) electrons. The van der Waals surface area contributed by atoms with E-state index < -0.39 is 10.0 Å². The number of thiophene rings is 1. The predicted molar refractivity (Wildman–Crippen MR) is 84.9 cm³/mol. The number of hydrogen-bond donors (Lipinski definition) is 0. The number of carbonyl (C=O) groups is 1. The van der Waals surface area contributed by atoms with Crippen LogP contribution in [0.5, 0.6) is 0 Å². The molecule has 1 aliphatic rings. The van der Waals surface area contributed by atoms with Gasteiger partial charge in [0.05, 0.1) is 16.3 Å². The molecule has 2 heterocycles. The molecule has 1 aromatic rings. The molecular formula is C13H18BrNO4S2. The molecule has 0 N–H and O–H groups in total. The fourth-order valence-corrected chi connectivity index (χ4v) is 6.20. The maximum absolute atomic E-state index is 12.6. The van der Waals surface area contributed by atoms with E-state index in [0.717, 1.165) is 9.35 Å². The van der Waals surface area contributed by atoms with Gasteiger partial charge in [-0.2, -0.15) is 4.31 Å². The highest BCUT2D eigenvalue weighted by Gasteiger charge is 2.34. The quantitative estimate of drug-likeness (QED) is 0.735. The summed E-state index contributed by atoms with van der Waals surface area (Å²) in [6.45, 7) is 4.58. The topological polar surface area (TPSA) is 63.7 Å². The Hall–Kier alpha value is -0.440. The number of aryl methyl sites for hydroxylation is 1. The predicted octanol–water partition coefficient (Wildman–Crippen LogP) is 2.78. The van der Waals surface area contributed by atoms with Crippen molar-refractivity contribution in [2.45, 2.75) is 30.9 Å². The summed E-state index contributed by atoms with van der Waals surface area (Å²) in [5.74, 6) is -0.668. The van der Waals surface area contributed by atoms with E-state index in [1.165, 1.54) is 15.6 Å². The smallest absolute Gasteiger partial charge is 0.310 e. The number of esters is 1. The number of sulfonamides is 1. The van der Waals surface area contributed by atoms with Gasteiger partial charge < -0.3 is 4.74 Å². The molecule has 1 atom stereocenters. The van der Waals surface area contributed by atoms with Crippen molar-refractivity contribution in [3.8, 4) is 0 Å². The second-order valence-corrected chi connectivity index (χ2v) is 9.51. The summed E-state index contributed by atoms with van der Waals surface area (Å²) in [5, 5.41) is 0. The minimum Gasteiger partial charge on any atom is -0.466 e. The van der Waals surface area contributed by atoms with Crippen LogP contribution in [0.2, 0.25) is 0 Å². The van der Waals surface area contributed by atoms with Crippen LogP contribution in [0.3, 0.4) is 0 Å². The van der Waals surface area contributed by atoms with Crippen LogP contribution in [0.1, 0.15) is 25.3 Å². The summed E-state index contributed by atoms with van der Waals surface area (Å²) in [5.41, 5.74) is 0.900. The van der Waals surface area contributed by atoms with Crippen molar-refractivity contribution >= 4 is 43.3 Å². The maximum atomic E-state index is 12.6. The Kier molecular flexibility index (Phi) is 5.45. The van der Waals surface area contributed by atoms with Crippen LogP contribution in [0.15, 0.2) is 14.1 Å². The third-order valence-corrected chi connectivity index (χ3v) is 7.88. The lowest BCUT2D eigenvalue weighted by atomic mass is 10.0. The van der Waals surface area contributed by atoms with Gasteiger partial charge in [-0.05, 0) is 54.2 Å². The summed E-state index contributed by atoms with van der Waals surface area (Å²) < 4.78 is 32.8. The van der Waals surface area contributed by atoms with Crippen molar-refractivity contribution in [1.29, 1.82) is 0 Å². The molecule has 1 aromatic heterocycles. The lowest BCUT2D eigenvalue weighted by molar-refractivity contribution is -0.149. The van der Waals surface area contributed by atoms with Crippen molar-refractivity contribution in [2.75, 3.05) is 19.7 Å². The zero-order chi connectivity index (χ0) is 15.6. The molecule has 0 saturated carbocycles. The van der Waals surface area contributed by atoms with E-state index >= 15 is 0 Å². The molecular weight excluding hydrogens is 378 g/mol. The third-order valence-electron chi connectivity index (χ3n) is 3.43. The van der Waals surface area contributed by atoms with Crippen LogP contribution in [-0.4, -0.2) is 38.4 Å². The number of halogens is 1. The van der Waals surface area contributed by atoms with Gasteiger partial charge in [-0.1, -0.05) is 0 Å². The summed E-state index contributed by atoms with van der Waals surface area (Å²) in [7, 11) is -3.53. The van der Waals surface area contributed by atoms with E-state index in [2.05, 4.69) is 15.9 Å². The van der Waals surface area contributed by atoms with Crippen molar-refractivity contribution in [1.82, 2.24) is 4.31 Å². The molecule has 1 fully saturated rings. The zero-order valence-electron chi connectivity index (χ0n) is 12.0. The average molecular weight is 396 g/mol. The van der Waals surface area contributed by atoms with Gasteiger partial charge in [0.15, 0.2) is 0 Å². The number of ether oxygens (including phenoxy) is 1. The summed E-state index contributed by atoms with van der Waals surface area (Å²) >= 11 is 4.56. The number of carbonyl (C=O) groups excluding carboxylic acids is 1. The Labute approximate surface area is 137 Å². The minimum absolute atomic E-state index is 0.204. The molecule has 5 nitrogen and oxygen atoms in total. The zero-order valence-corrected chi connectivity index (χ0v) is 15.2. The lowest BCUT2D eigenvalue weighted by Crippen LogP contribution is -2.42. The number of piperidine rings is 1. The molecule has 1 aliphatic heterocycles. The van der Waals surface area contributed by atoms with Crippen molar-refractivity contribution < 1.29 is 17.9 Å². The minimum atomic E-state index is -3.53. The van der Waals surface area contributed by atoms with Crippen LogP contribution in [0.4, 0.5) is 0 Å². The van der Waals surface area contributed by atoms with Crippen molar-refractivity contribution in [2.24, 2.45) is 5.92 Å². The molecule has 0 unspecified atom stereocenters. The summed E-state index contributed by atoms with van der Waals surface area (Å²) in [4.78, 5) is 11.8. The summed E-state index contributed by atoms with van der Waals surface area (Å²) in [6, 6.07) is 1.66. The molecule has 0 bridgehead atoms. The molecule has 0 aliphatic carbocycles. The first-order valence-corrected chi connectivity index (χ1v) is 9.84. The lowest BCUT2D eigenvalue weighted by Gasteiger charge is -2.30. The number of rotatable bonds is 4. The molecule has 2 rings (SSSR count). The first-order valence-electron chi connectivity index (χ1n) is 6.79. The normalized spacial score (nSPS) is 20.4. The van der Waals surface area contributed by atoms with E-state index in [4.69, 9.17) is 4.74 Å². The number of nitrogens with zero attached hydrogens (tertiary/aromatic N) is 1. The van der Waals surface area contributed by atoms with Gasteiger partial charge in [-0.15, -0.1) is 11.3 Å². The van der Waals surface area contributed by atoms with Crippen LogP contribution >= 0.6 is 27.3 Å². The molecule has 0 aromatic carbocycles. The van der Waals surface area contributed by atoms with Gasteiger partial charge in [-0.25, -0.2) is 8.42 Å². The van der Waals surface area contributed by atoms with Crippen molar-refractivity contribution in [3.63, 3.8) is 0 Å². The van der Waals surface area contributed by atoms with Crippen LogP contribution in [0.25, 0.3) is 0 Å². The SMILES string of the molecule is CCOC(=O)[C@H]1CCCN(S(=O)(=O)c2cc(C)c(Br)s2)C1. The Morgan fingerprint density at radius 3 is 2.86 bits per heavy atom. The first-order chi connectivity index (χ1) is 9.86. The van der Waals surface area contributed by atoms with Crippen molar-refractivity contribution in [3.05, 3.63) is 15.4 Å². The fraction of sp³-hybridized carbons (Fsp3) is 0.615. The van der Waals surface area contributed by atoms with Gasteiger partial charge in [-0.3, -0.25) is 4.79 Å². The Balaban J connectivity index is 2.18. The average Bonchev–Trinajstić information content (AvgIpc) is 2.80. The van der Waals surface area contributed by atoms with E-state index in [0.29, 0.717) is 30.2 Å². The van der Waals surface area contributed by atoms with Crippen LogP contribution < -0.4 is 0 Å². The maximum Gasteiger partial charge on any atom is 0.310 e. The Morgan fingerprint density at radius 2 is 2.29 bits per heavy atom. The highest BCUT2D eigenvalue weighted by molar-refractivity contribution is 9.11.